The lowest BCUT2D eigenvalue weighted by Gasteiger charge is -2.29. The molecule has 0 aromatic rings. The van der Waals surface area contributed by atoms with Gasteiger partial charge in [0.15, 0.2) is 13.2 Å². The molecule has 1 saturated carbocycles. The molecule has 164 valence electrons. The third-order valence-corrected chi connectivity index (χ3v) is 4.13. The Morgan fingerprint density at radius 1 is 0.964 bits per heavy atom. The van der Waals surface area contributed by atoms with Gasteiger partial charge in [-0.2, -0.15) is 8.78 Å². The number of alkyl halides is 6. The molecule has 1 aliphatic rings. The minimum Gasteiger partial charge on any atom is -0.443 e. The van der Waals surface area contributed by atoms with Gasteiger partial charge in [0.1, 0.15) is 0 Å². The van der Waals surface area contributed by atoms with Crippen LogP contribution in [0, 0.1) is 11.8 Å². The quantitative estimate of drug-likeness (QED) is 0.555. The third-order valence-electron chi connectivity index (χ3n) is 4.13. The van der Waals surface area contributed by atoms with Crippen molar-refractivity contribution in [3.8, 4) is 0 Å². The number of nitrogens with one attached hydrogen (secondary N) is 2. The Labute approximate surface area is 158 Å². The first kappa shape index (κ1) is 24.2. The molecule has 0 radical (unpaired) electrons. The van der Waals surface area contributed by atoms with Crippen molar-refractivity contribution < 1.29 is 45.4 Å². The van der Waals surface area contributed by atoms with Crippen LogP contribution in [0.3, 0.4) is 0 Å². The van der Waals surface area contributed by atoms with Crippen molar-refractivity contribution in [1.82, 2.24) is 10.6 Å². The summed E-state index contributed by atoms with van der Waals surface area (Å²) in [5.41, 5.74) is 0. The zero-order valence-electron chi connectivity index (χ0n) is 15.3. The average Bonchev–Trinajstić information content (AvgIpc) is 2.61. The number of alkyl carbamates (subject to hydrolysis) is 2. The topological polar surface area (TPSA) is 76.7 Å². The van der Waals surface area contributed by atoms with Crippen LogP contribution in [0.2, 0.25) is 0 Å². The Hall–Kier alpha value is -1.88. The van der Waals surface area contributed by atoms with Gasteiger partial charge < -0.3 is 20.1 Å². The lowest BCUT2D eigenvalue weighted by atomic mass is 9.81. The van der Waals surface area contributed by atoms with E-state index in [2.05, 4.69) is 20.1 Å². The molecule has 2 unspecified atom stereocenters. The summed E-state index contributed by atoms with van der Waals surface area (Å²) < 4.78 is 83.0. The Morgan fingerprint density at radius 2 is 1.43 bits per heavy atom. The van der Waals surface area contributed by atoms with Crippen LogP contribution in [0.25, 0.3) is 0 Å². The molecule has 1 rings (SSSR count). The van der Waals surface area contributed by atoms with Crippen molar-refractivity contribution in [1.29, 1.82) is 0 Å². The van der Waals surface area contributed by atoms with Crippen LogP contribution in [0.1, 0.15) is 32.6 Å². The van der Waals surface area contributed by atoms with Crippen LogP contribution in [-0.4, -0.2) is 56.8 Å². The van der Waals surface area contributed by atoms with Crippen molar-refractivity contribution >= 4 is 12.2 Å². The Kier molecular flexibility index (Phi) is 9.15. The first-order chi connectivity index (χ1) is 12.9. The van der Waals surface area contributed by atoms with Crippen LogP contribution in [0.15, 0.2) is 0 Å². The minimum atomic E-state index is -4.41. The summed E-state index contributed by atoms with van der Waals surface area (Å²) in [7, 11) is 0. The first-order valence-electron chi connectivity index (χ1n) is 8.74. The number of amides is 2. The minimum absolute atomic E-state index is 0.0226. The molecule has 0 heterocycles. The summed E-state index contributed by atoms with van der Waals surface area (Å²) in [6.07, 6.45) is -3.24. The van der Waals surface area contributed by atoms with Crippen LogP contribution >= 0.6 is 0 Å². The normalized spacial score (nSPS) is 20.6. The molecule has 28 heavy (non-hydrogen) atoms. The van der Waals surface area contributed by atoms with E-state index in [4.69, 9.17) is 0 Å². The molecule has 12 heteroatoms. The van der Waals surface area contributed by atoms with E-state index in [0.717, 1.165) is 19.3 Å². The predicted octanol–water partition coefficient (Wildman–Crippen LogP) is 3.80. The van der Waals surface area contributed by atoms with Gasteiger partial charge in [0, 0.05) is 20.0 Å². The second-order valence-electron chi connectivity index (χ2n) is 6.94. The van der Waals surface area contributed by atoms with E-state index in [9.17, 15) is 35.9 Å². The zero-order valence-corrected chi connectivity index (χ0v) is 15.3. The highest BCUT2D eigenvalue weighted by atomic mass is 19.3. The molecule has 0 saturated heterocycles. The Bertz CT molecular complexity index is 516. The maximum absolute atomic E-state index is 12.7. The molecular weight excluding hydrogens is 398 g/mol. The van der Waals surface area contributed by atoms with Crippen LogP contribution in [-0.2, 0) is 9.47 Å². The Balaban J connectivity index is 2.26. The van der Waals surface area contributed by atoms with Crippen molar-refractivity contribution in [2.24, 2.45) is 11.8 Å². The molecule has 1 fully saturated rings. The van der Waals surface area contributed by atoms with Gasteiger partial charge in [-0.3, -0.25) is 0 Å². The summed E-state index contributed by atoms with van der Waals surface area (Å²) in [6.45, 7) is -1.81. The molecule has 0 spiro atoms. The fourth-order valence-electron chi connectivity index (χ4n) is 2.75. The number of halogens is 6. The summed E-state index contributed by atoms with van der Waals surface area (Å²) in [6, 6.07) is 0. The average molecular weight is 422 g/mol. The second-order valence-corrected chi connectivity index (χ2v) is 6.94. The summed E-state index contributed by atoms with van der Waals surface area (Å²) in [5, 5.41) is 4.65. The molecule has 0 aromatic heterocycles. The lowest BCUT2D eigenvalue weighted by molar-refractivity contribution is -0.153. The Morgan fingerprint density at radius 3 is 1.86 bits per heavy atom. The summed E-state index contributed by atoms with van der Waals surface area (Å²) >= 11 is 0. The number of ether oxygens (including phenoxy) is 2. The maximum Gasteiger partial charge on any atom is 0.407 e. The third kappa shape index (κ3) is 9.88. The van der Waals surface area contributed by atoms with Crippen molar-refractivity contribution in [2.45, 2.75) is 50.9 Å². The van der Waals surface area contributed by atoms with Gasteiger partial charge in [-0.1, -0.05) is 6.42 Å². The first-order valence-corrected chi connectivity index (χ1v) is 8.74. The van der Waals surface area contributed by atoms with E-state index in [-0.39, 0.29) is 24.9 Å². The van der Waals surface area contributed by atoms with E-state index in [1.165, 1.54) is 0 Å². The van der Waals surface area contributed by atoms with Gasteiger partial charge in [-0.15, -0.1) is 0 Å². The van der Waals surface area contributed by atoms with Gasteiger partial charge in [0.05, 0.1) is 0 Å². The summed E-state index contributed by atoms with van der Waals surface area (Å²) in [5.74, 6) is -7.53. The highest BCUT2D eigenvalue weighted by Crippen LogP contribution is 2.28. The lowest BCUT2D eigenvalue weighted by Crippen LogP contribution is -2.39. The highest BCUT2D eigenvalue weighted by Gasteiger charge is 2.42. The second kappa shape index (κ2) is 10.6. The molecule has 0 bridgehead atoms. The monoisotopic (exact) mass is 422 g/mol. The molecule has 0 aliphatic heterocycles. The zero-order chi connectivity index (χ0) is 21.4. The maximum atomic E-state index is 12.7. The smallest absolute Gasteiger partial charge is 0.407 e. The SMILES string of the molecule is CC(F)(F)COC(=O)NCC1CCCC(CNC(=O)OCC(F)(F)C(F)F)C1. The van der Waals surface area contributed by atoms with Crippen LogP contribution in [0.5, 0.6) is 0 Å². The van der Waals surface area contributed by atoms with Crippen molar-refractivity contribution in [3.63, 3.8) is 0 Å². The van der Waals surface area contributed by atoms with Gasteiger partial charge in [-0.25, -0.2) is 27.2 Å². The van der Waals surface area contributed by atoms with E-state index >= 15 is 0 Å². The number of hydrogen-bond acceptors (Lipinski definition) is 4. The van der Waals surface area contributed by atoms with Gasteiger partial charge in [0.2, 0.25) is 0 Å². The fourth-order valence-corrected chi connectivity index (χ4v) is 2.75. The predicted molar refractivity (Wildman–Crippen MR) is 85.7 cm³/mol. The van der Waals surface area contributed by atoms with E-state index in [1.807, 2.05) is 0 Å². The molecule has 6 nitrogen and oxygen atoms in total. The highest BCUT2D eigenvalue weighted by molar-refractivity contribution is 5.67. The standard InChI is InChI=1S/C16H24F6N2O4/c1-15(19,20)8-27-13(25)23-6-10-3-2-4-11(5-10)7-24-14(26)28-9-16(21,22)12(17)18/h10-12H,2-9H2,1H3,(H,23,25)(H,24,26). The molecule has 1 aliphatic carbocycles. The largest absolute Gasteiger partial charge is 0.443 e. The van der Waals surface area contributed by atoms with E-state index in [0.29, 0.717) is 13.3 Å². The van der Waals surface area contributed by atoms with Crippen molar-refractivity contribution in [3.05, 3.63) is 0 Å². The molecular formula is C16H24F6N2O4. The molecule has 0 aromatic carbocycles. The van der Waals surface area contributed by atoms with E-state index in [1.54, 1.807) is 0 Å². The van der Waals surface area contributed by atoms with Gasteiger partial charge in [-0.05, 0) is 31.1 Å². The van der Waals surface area contributed by atoms with Gasteiger partial charge in [0.25, 0.3) is 5.92 Å². The number of carbonyl (C=O) groups is 2. The molecule has 2 N–H and O–H groups in total. The fraction of sp³-hybridized carbons (Fsp3) is 0.875. The van der Waals surface area contributed by atoms with Crippen LogP contribution in [0.4, 0.5) is 35.9 Å². The molecule has 2 atom stereocenters. The van der Waals surface area contributed by atoms with Gasteiger partial charge >= 0.3 is 24.5 Å². The molecule has 2 amide bonds. The number of rotatable bonds is 9. The number of carbonyl (C=O) groups excluding carboxylic acids is 2. The number of hydrogen-bond donors (Lipinski definition) is 2. The van der Waals surface area contributed by atoms with E-state index < -0.39 is 43.7 Å². The van der Waals surface area contributed by atoms with Crippen LogP contribution < -0.4 is 10.6 Å². The summed E-state index contributed by atoms with van der Waals surface area (Å²) in [4.78, 5) is 22.7. The van der Waals surface area contributed by atoms with Crippen molar-refractivity contribution in [2.75, 3.05) is 26.3 Å².